The van der Waals surface area contributed by atoms with Crippen molar-refractivity contribution in [2.24, 2.45) is 10.3 Å². The van der Waals surface area contributed by atoms with Gasteiger partial charge in [0.15, 0.2) is 0 Å². The van der Waals surface area contributed by atoms with Gasteiger partial charge >= 0.3 is 6.09 Å². The van der Waals surface area contributed by atoms with Gasteiger partial charge in [0, 0.05) is 18.2 Å². The van der Waals surface area contributed by atoms with Crippen molar-refractivity contribution in [1.82, 2.24) is 0 Å². The first-order valence-corrected chi connectivity index (χ1v) is 8.41. The molecule has 0 fully saturated rings. The highest BCUT2D eigenvalue weighted by atomic mass is 19.1. The molecule has 2 rings (SSSR count). The number of hydrogen-bond donors (Lipinski definition) is 0. The van der Waals surface area contributed by atoms with E-state index in [0.29, 0.717) is 22.7 Å². The SMILES string of the molecule is CON=C(C(C)=NOCc1ccccc1N(C)C(=O)OC)c1ccc(F)cc1. The van der Waals surface area contributed by atoms with Crippen LogP contribution in [0.15, 0.2) is 58.8 Å². The van der Waals surface area contributed by atoms with Crippen LogP contribution in [0.1, 0.15) is 18.1 Å². The predicted molar refractivity (Wildman–Crippen MR) is 105 cm³/mol. The van der Waals surface area contributed by atoms with Crippen LogP contribution in [0.5, 0.6) is 0 Å². The van der Waals surface area contributed by atoms with Crippen LogP contribution in [0, 0.1) is 5.82 Å². The standard InChI is InChI=1S/C20H22FN3O4/c1-14(19(23-27-4)15-9-11-17(21)12-10-15)22-28-13-16-7-5-6-8-18(16)24(2)20(25)26-3/h5-12H,13H2,1-4H3. The average Bonchev–Trinajstić information content (AvgIpc) is 2.72. The fourth-order valence-corrected chi connectivity index (χ4v) is 2.46. The van der Waals surface area contributed by atoms with Gasteiger partial charge in [-0.3, -0.25) is 4.90 Å². The summed E-state index contributed by atoms with van der Waals surface area (Å²) < 4.78 is 17.9. The van der Waals surface area contributed by atoms with Gasteiger partial charge in [-0.15, -0.1) is 0 Å². The lowest BCUT2D eigenvalue weighted by Gasteiger charge is -2.18. The molecular weight excluding hydrogens is 365 g/mol. The summed E-state index contributed by atoms with van der Waals surface area (Å²) in [6.45, 7) is 1.83. The topological polar surface area (TPSA) is 72.7 Å². The number of hydrogen-bond acceptors (Lipinski definition) is 6. The number of halogens is 1. The normalized spacial score (nSPS) is 11.8. The van der Waals surface area contributed by atoms with Gasteiger partial charge in [0.25, 0.3) is 0 Å². The number of rotatable bonds is 7. The number of benzene rings is 2. The molecule has 0 radical (unpaired) electrons. The van der Waals surface area contributed by atoms with Gasteiger partial charge in [0.2, 0.25) is 0 Å². The number of carbonyl (C=O) groups is 1. The van der Waals surface area contributed by atoms with Crippen molar-refractivity contribution >= 4 is 23.2 Å². The van der Waals surface area contributed by atoms with E-state index in [1.54, 1.807) is 32.2 Å². The molecule has 0 aliphatic carbocycles. The molecule has 0 aliphatic heterocycles. The Balaban J connectivity index is 2.16. The van der Waals surface area contributed by atoms with E-state index in [-0.39, 0.29) is 12.4 Å². The molecular formula is C20H22FN3O4. The van der Waals surface area contributed by atoms with Gasteiger partial charge in [0.05, 0.1) is 12.8 Å². The number of oxime groups is 2. The Morgan fingerprint density at radius 1 is 1.07 bits per heavy atom. The second kappa shape index (κ2) is 10.1. The van der Waals surface area contributed by atoms with Crippen LogP contribution in [0.3, 0.4) is 0 Å². The first-order valence-electron chi connectivity index (χ1n) is 8.41. The molecule has 8 heteroatoms. The molecule has 2 aromatic carbocycles. The minimum absolute atomic E-state index is 0.124. The molecule has 0 unspecified atom stereocenters. The first kappa shape index (κ1) is 20.9. The van der Waals surface area contributed by atoms with Gasteiger partial charge in [-0.2, -0.15) is 0 Å². The van der Waals surface area contributed by atoms with Crippen molar-refractivity contribution < 1.29 is 23.6 Å². The summed E-state index contributed by atoms with van der Waals surface area (Å²) in [6, 6.07) is 13.1. The van der Waals surface area contributed by atoms with Crippen LogP contribution in [0.2, 0.25) is 0 Å². The zero-order chi connectivity index (χ0) is 20.5. The number of para-hydroxylation sites is 1. The molecule has 2 aromatic rings. The number of carbonyl (C=O) groups excluding carboxylic acids is 1. The van der Waals surface area contributed by atoms with E-state index in [4.69, 9.17) is 14.4 Å². The maximum Gasteiger partial charge on any atom is 0.413 e. The van der Waals surface area contributed by atoms with E-state index in [0.717, 1.165) is 5.56 Å². The van der Waals surface area contributed by atoms with Crippen LogP contribution in [-0.4, -0.2) is 38.8 Å². The lowest BCUT2D eigenvalue weighted by atomic mass is 10.1. The maximum atomic E-state index is 13.1. The molecule has 0 aliphatic rings. The number of anilines is 1. The van der Waals surface area contributed by atoms with Crippen LogP contribution >= 0.6 is 0 Å². The van der Waals surface area contributed by atoms with Crippen LogP contribution < -0.4 is 4.90 Å². The first-order chi connectivity index (χ1) is 13.5. The number of methoxy groups -OCH3 is 1. The van der Waals surface area contributed by atoms with E-state index in [1.807, 2.05) is 18.2 Å². The molecule has 148 valence electrons. The lowest BCUT2D eigenvalue weighted by Crippen LogP contribution is -2.26. The summed E-state index contributed by atoms with van der Waals surface area (Å²) in [7, 11) is 4.34. The third-order valence-corrected chi connectivity index (χ3v) is 3.87. The Labute approximate surface area is 163 Å². The van der Waals surface area contributed by atoms with Crippen molar-refractivity contribution in [3.8, 4) is 0 Å². The fourth-order valence-electron chi connectivity index (χ4n) is 2.46. The van der Waals surface area contributed by atoms with Gasteiger partial charge in [-0.25, -0.2) is 9.18 Å². The van der Waals surface area contributed by atoms with E-state index < -0.39 is 6.09 Å². The second-order valence-electron chi connectivity index (χ2n) is 5.74. The summed E-state index contributed by atoms with van der Waals surface area (Å²) in [5.74, 6) is -0.349. The van der Waals surface area contributed by atoms with Crippen molar-refractivity contribution in [2.45, 2.75) is 13.5 Å². The minimum atomic E-state index is -0.488. The summed E-state index contributed by atoms with van der Waals surface area (Å²) in [5.41, 5.74) is 2.90. The Morgan fingerprint density at radius 3 is 2.39 bits per heavy atom. The largest absolute Gasteiger partial charge is 0.452 e. The lowest BCUT2D eigenvalue weighted by molar-refractivity contribution is 0.131. The molecule has 0 saturated carbocycles. The highest BCUT2D eigenvalue weighted by Gasteiger charge is 2.15. The fraction of sp³-hybridized carbons (Fsp3) is 0.250. The van der Waals surface area contributed by atoms with E-state index in [2.05, 4.69) is 10.3 Å². The van der Waals surface area contributed by atoms with E-state index >= 15 is 0 Å². The summed E-state index contributed by atoms with van der Waals surface area (Å²) in [5, 5.41) is 8.02. The van der Waals surface area contributed by atoms with Gasteiger partial charge < -0.3 is 14.4 Å². The van der Waals surface area contributed by atoms with Crippen molar-refractivity contribution in [3.05, 3.63) is 65.5 Å². The highest BCUT2D eigenvalue weighted by Crippen LogP contribution is 2.21. The molecule has 1 amide bonds. The van der Waals surface area contributed by atoms with Gasteiger partial charge in [-0.05, 0) is 37.3 Å². The number of amides is 1. The monoisotopic (exact) mass is 387 g/mol. The van der Waals surface area contributed by atoms with Crippen LogP contribution in [0.4, 0.5) is 14.9 Å². The van der Waals surface area contributed by atoms with Crippen molar-refractivity contribution in [1.29, 1.82) is 0 Å². The predicted octanol–water partition coefficient (Wildman–Crippen LogP) is 3.97. The van der Waals surface area contributed by atoms with Crippen LogP contribution in [-0.2, 0) is 21.0 Å². The summed E-state index contributed by atoms with van der Waals surface area (Å²) in [4.78, 5) is 23.5. The summed E-state index contributed by atoms with van der Waals surface area (Å²) in [6.07, 6.45) is -0.488. The maximum absolute atomic E-state index is 13.1. The molecule has 0 N–H and O–H groups in total. The van der Waals surface area contributed by atoms with E-state index in [9.17, 15) is 9.18 Å². The number of ether oxygens (including phenoxy) is 1. The molecule has 0 bridgehead atoms. The average molecular weight is 387 g/mol. The Kier molecular flexibility index (Phi) is 7.50. The summed E-state index contributed by atoms with van der Waals surface area (Å²) >= 11 is 0. The molecule has 0 atom stereocenters. The van der Waals surface area contributed by atoms with Crippen molar-refractivity contribution in [3.63, 3.8) is 0 Å². The van der Waals surface area contributed by atoms with Crippen molar-refractivity contribution in [2.75, 3.05) is 26.2 Å². The zero-order valence-electron chi connectivity index (χ0n) is 16.2. The molecule has 7 nitrogen and oxygen atoms in total. The smallest absolute Gasteiger partial charge is 0.413 e. The number of nitrogens with zero attached hydrogens (tertiary/aromatic N) is 3. The molecule has 0 heterocycles. The second-order valence-corrected chi connectivity index (χ2v) is 5.74. The van der Waals surface area contributed by atoms with Gasteiger partial charge in [-0.1, -0.05) is 28.5 Å². The Hall–Kier alpha value is -3.42. The molecule has 0 spiro atoms. The Morgan fingerprint density at radius 2 is 1.75 bits per heavy atom. The Bertz CT molecular complexity index is 866. The molecule has 0 saturated heterocycles. The molecule has 0 aromatic heterocycles. The van der Waals surface area contributed by atoms with E-state index in [1.165, 1.54) is 31.3 Å². The van der Waals surface area contributed by atoms with Gasteiger partial charge in [0.1, 0.15) is 31.0 Å². The quantitative estimate of drug-likeness (QED) is 0.532. The third kappa shape index (κ3) is 5.29. The minimum Gasteiger partial charge on any atom is -0.452 e. The molecule has 28 heavy (non-hydrogen) atoms. The van der Waals surface area contributed by atoms with Crippen LogP contribution in [0.25, 0.3) is 0 Å². The highest BCUT2D eigenvalue weighted by molar-refractivity contribution is 6.47. The zero-order valence-corrected chi connectivity index (χ0v) is 16.2. The third-order valence-electron chi connectivity index (χ3n) is 3.87.